The lowest BCUT2D eigenvalue weighted by Gasteiger charge is -2.15. The smallest absolute Gasteiger partial charge is 0.253 e. The molecule has 1 atom stereocenters. The van der Waals surface area contributed by atoms with Crippen LogP contribution in [0.1, 0.15) is 49.9 Å². The average Bonchev–Trinajstić information content (AvgIpc) is 2.96. The second-order valence-electron chi connectivity index (χ2n) is 6.54. The predicted molar refractivity (Wildman–Crippen MR) is 94.2 cm³/mol. The molecule has 1 aliphatic rings. The zero-order valence-electron chi connectivity index (χ0n) is 14.3. The predicted octanol–water partition coefficient (Wildman–Crippen LogP) is 3.11. The highest BCUT2D eigenvalue weighted by Gasteiger charge is 2.24. The number of hydrogen-bond acceptors (Lipinski definition) is 2. The van der Waals surface area contributed by atoms with E-state index < -0.39 is 0 Å². The number of fused-ring (bicyclic) bond motifs is 1. The lowest BCUT2D eigenvalue weighted by Crippen LogP contribution is -2.27. The summed E-state index contributed by atoms with van der Waals surface area (Å²) in [5.41, 5.74) is 4.95. The number of carbonyl (C=O) groups excluding carboxylic acids is 2. The molecule has 0 aromatic heterocycles. The van der Waals surface area contributed by atoms with Crippen LogP contribution < -0.4 is 5.32 Å². The van der Waals surface area contributed by atoms with Crippen molar-refractivity contribution in [2.24, 2.45) is 0 Å². The van der Waals surface area contributed by atoms with Crippen LogP contribution in [0.2, 0.25) is 0 Å². The summed E-state index contributed by atoms with van der Waals surface area (Å²) >= 11 is 0. The molecule has 4 heteroatoms. The van der Waals surface area contributed by atoms with Gasteiger partial charge in [-0.05, 0) is 55.2 Å². The molecule has 2 aromatic rings. The summed E-state index contributed by atoms with van der Waals surface area (Å²) < 4.78 is 0. The van der Waals surface area contributed by atoms with E-state index in [2.05, 4.69) is 30.4 Å². The Balaban J connectivity index is 1.71. The normalized spacial score (nSPS) is 15.7. The minimum atomic E-state index is -0.0997. The zero-order chi connectivity index (χ0) is 17.3. The van der Waals surface area contributed by atoms with Crippen LogP contribution in [-0.4, -0.2) is 30.8 Å². The molecular formula is C20H22N2O2. The largest absolute Gasteiger partial charge is 0.345 e. The van der Waals surface area contributed by atoms with Gasteiger partial charge < -0.3 is 10.2 Å². The summed E-state index contributed by atoms with van der Waals surface area (Å²) in [6.07, 6.45) is 1.93. The van der Waals surface area contributed by atoms with Crippen molar-refractivity contribution < 1.29 is 9.59 Å². The quantitative estimate of drug-likeness (QED) is 0.944. The number of amides is 2. The second kappa shape index (κ2) is 6.48. The van der Waals surface area contributed by atoms with Gasteiger partial charge in [-0.3, -0.25) is 9.59 Å². The van der Waals surface area contributed by atoms with Crippen molar-refractivity contribution in [3.05, 3.63) is 70.3 Å². The maximum absolute atomic E-state index is 12.5. The first-order chi connectivity index (χ1) is 11.5. The molecule has 24 heavy (non-hydrogen) atoms. The maximum Gasteiger partial charge on any atom is 0.253 e. The lowest BCUT2D eigenvalue weighted by molar-refractivity contribution is 0.0826. The highest BCUT2D eigenvalue weighted by molar-refractivity contribution is 5.97. The van der Waals surface area contributed by atoms with E-state index in [-0.39, 0.29) is 17.9 Å². The molecule has 0 fully saturated rings. The number of aryl methyl sites for hydroxylation is 2. The number of nitrogens with one attached hydrogen (secondary N) is 1. The Morgan fingerprint density at radius 1 is 1.04 bits per heavy atom. The fourth-order valence-corrected chi connectivity index (χ4v) is 3.16. The molecule has 0 aliphatic heterocycles. The van der Waals surface area contributed by atoms with Crippen molar-refractivity contribution in [2.75, 3.05) is 14.1 Å². The van der Waals surface area contributed by atoms with Crippen LogP contribution in [0.4, 0.5) is 0 Å². The number of benzene rings is 2. The van der Waals surface area contributed by atoms with Crippen LogP contribution >= 0.6 is 0 Å². The summed E-state index contributed by atoms with van der Waals surface area (Å²) in [5.74, 6) is -0.167. The Kier molecular flexibility index (Phi) is 4.38. The molecule has 1 aliphatic carbocycles. The van der Waals surface area contributed by atoms with Gasteiger partial charge in [0.05, 0.1) is 6.04 Å². The van der Waals surface area contributed by atoms with Crippen molar-refractivity contribution in [2.45, 2.75) is 25.8 Å². The molecule has 0 unspecified atom stereocenters. The van der Waals surface area contributed by atoms with Crippen molar-refractivity contribution >= 4 is 11.8 Å². The minimum Gasteiger partial charge on any atom is -0.345 e. The van der Waals surface area contributed by atoms with Crippen LogP contribution in [0, 0.1) is 6.92 Å². The fraction of sp³-hybridized carbons (Fsp3) is 0.300. The molecule has 2 aromatic carbocycles. The van der Waals surface area contributed by atoms with Gasteiger partial charge in [0.25, 0.3) is 11.8 Å². The molecule has 0 bridgehead atoms. The van der Waals surface area contributed by atoms with E-state index in [1.54, 1.807) is 38.4 Å². The molecule has 0 spiro atoms. The third kappa shape index (κ3) is 3.18. The maximum atomic E-state index is 12.5. The first kappa shape index (κ1) is 16.2. The molecule has 0 heterocycles. The van der Waals surface area contributed by atoms with Gasteiger partial charge >= 0.3 is 0 Å². The van der Waals surface area contributed by atoms with E-state index in [0.29, 0.717) is 11.1 Å². The van der Waals surface area contributed by atoms with E-state index in [4.69, 9.17) is 0 Å². The van der Waals surface area contributed by atoms with Crippen LogP contribution in [0.15, 0.2) is 42.5 Å². The third-order valence-electron chi connectivity index (χ3n) is 4.48. The Morgan fingerprint density at radius 2 is 1.71 bits per heavy atom. The van der Waals surface area contributed by atoms with Gasteiger partial charge in [0.15, 0.2) is 0 Å². The SMILES string of the molecule is Cc1ccc2c(c1)CC[C@H]2NC(=O)c1ccc(C(=O)N(C)C)cc1. The van der Waals surface area contributed by atoms with Crippen LogP contribution in [0.3, 0.4) is 0 Å². The van der Waals surface area contributed by atoms with Crippen molar-refractivity contribution in [1.29, 1.82) is 0 Å². The van der Waals surface area contributed by atoms with Crippen LogP contribution in [0.5, 0.6) is 0 Å². The minimum absolute atomic E-state index is 0.0659. The highest BCUT2D eigenvalue weighted by Crippen LogP contribution is 2.31. The van der Waals surface area contributed by atoms with Gasteiger partial charge in [-0.2, -0.15) is 0 Å². The van der Waals surface area contributed by atoms with E-state index in [1.165, 1.54) is 21.6 Å². The topological polar surface area (TPSA) is 49.4 Å². The molecule has 0 saturated carbocycles. The van der Waals surface area contributed by atoms with Gasteiger partial charge in [-0.15, -0.1) is 0 Å². The molecule has 4 nitrogen and oxygen atoms in total. The Hall–Kier alpha value is -2.62. The summed E-state index contributed by atoms with van der Waals surface area (Å²) in [6, 6.07) is 13.3. The Morgan fingerprint density at radius 3 is 2.38 bits per heavy atom. The molecule has 124 valence electrons. The Bertz CT molecular complexity index is 779. The molecule has 0 radical (unpaired) electrons. The van der Waals surface area contributed by atoms with E-state index in [9.17, 15) is 9.59 Å². The monoisotopic (exact) mass is 322 g/mol. The summed E-state index contributed by atoms with van der Waals surface area (Å²) in [6.45, 7) is 2.09. The summed E-state index contributed by atoms with van der Waals surface area (Å²) in [5, 5.41) is 3.11. The molecule has 2 amide bonds. The Labute approximate surface area is 142 Å². The van der Waals surface area contributed by atoms with Gasteiger partial charge in [0.1, 0.15) is 0 Å². The average molecular weight is 322 g/mol. The second-order valence-corrected chi connectivity index (χ2v) is 6.54. The molecular weight excluding hydrogens is 300 g/mol. The highest BCUT2D eigenvalue weighted by atomic mass is 16.2. The number of hydrogen-bond donors (Lipinski definition) is 1. The standard InChI is InChI=1S/C20H22N2O2/c1-13-4-10-17-16(12-13)9-11-18(17)21-19(23)14-5-7-15(8-6-14)20(24)22(2)3/h4-8,10,12,18H,9,11H2,1-3H3,(H,21,23)/t18-/m1/s1. The first-order valence-electron chi connectivity index (χ1n) is 8.17. The summed E-state index contributed by atoms with van der Waals surface area (Å²) in [4.78, 5) is 25.9. The first-order valence-corrected chi connectivity index (χ1v) is 8.17. The van der Waals surface area contributed by atoms with Gasteiger partial charge in [0.2, 0.25) is 0 Å². The lowest BCUT2D eigenvalue weighted by atomic mass is 10.0. The number of carbonyl (C=O) groups is 2. The van der Waals surface area contributed by atoms with Gasteiger partial charge in [0, 0.05) is 25.2 Å². The molecule has 1 N–H and O–H groups in total. The van der Waals surface area contributed by atoms with Crippen molar-refractivity contribution in [1.82, 2.24) is 10.2 Å². The van der Waals surface area contributed by atoms with E-state index in [0.717, 1.165) is 12.8 Å². The van der Waals surface area contributed by atoms with Crippen LogP contribution in [-0.2, 0) is 6.42 Å². The van der Waals surface area contributed by atoms with Crippen molar-refractivity contribution in [3.63, 3.8) is 0 Å². The molecule has 3 rings (SSSR count). The zero-order valence-corrected chi connectivity index (χ0v) is 14.3. The van der Waals surface area contributed by atoms with E-state index >= 15 is 0 Å². The summed E-state index contributed by atoms with van der Waals surface area (Å²) in [7, 11) is 3.42. The fourth-order valence-electron chi connectivity index (χ4n) is 3.16. The number of rotatable bonds is 3. The third-order valence-corrected chi connectivity index (χ3v) is 4.48. The van der Waals surface area contributed by atoms with Gasteiger partial charge in [-0.1, -0.05) is 23.8 Å². The van der Waals surface area contributed by atoms with Crippen molar-refractivity contribution in [3.8, 4) is 0 Å². The number of nitrogens with zero attached hydrogens (tertiary/aromatic N) is 1. The van der Waals surface area contributed by atoms with Crippen LogP contribution in [0.25, 0.3) is 0 Å². The van der Waals surface area contributed by atoms with Gasteiger partial charge in [-0.25, -0.2) is 0 Å². The molecule has 0 saturated heterocycles. The van der Waals surface area contributed by atoms with E-state index in [1.807, 2.05) is 0 Å².